The number of halogens is 6. The lowest BCUT2D eigenvalue weighted by Gasteiger charge is -2.21. The number of carbonyl (C=O) groups is 7. The fourth-order valence-corrected chi connectivity index (χ4v) is 11.4. The molecule has 550 valence electrons. The van der Waals surface area contributed by atoms with Crippen molar-refractivity contribution in [1.29, 1.82) is 5.26 Å². The molecule has 6 aromatic rings. The second-order valence-electron chi connectivity index (χ2n) is 22.5. The molecule has 4 heterocycles. The molecule has 42 heteroatoms. The number of nitrogens with one attached hydrogen (secondary N) is 4. The molecule has 4 atom stereocenters. The normalized spacial score (nSPS) is 16.2. The minimum atomic E-state index is -4.62. The minimum Gasteiger partial charge on any atom is -0.506 e. The Morgan fingerprint density at radius 3 is 1.80 bits per heavy atom. The molecular formula is C60H65ClF3I2N11O22P2S. The zero-order valence-electron chi connectivity index (χ0n) is 54.4. The van der Waals surface area contributed by atoms with Crippen LogP contribution in [0.2, 0.25) is 5.02 Å². The van der Waals surface area contributed by atoms with Gasteiger partial charge in [0, 0.05) is 36.5 Å². The predicted molar refractivity (Wildman–Crippen MR) is 379 cm³/mol. The van der Waals surface area contributed by atoms with E-state index in [1.807, 2.05) is 91.1 Å². The topological polar surface area (TPSA) is 550 Å². The van der Waals surface area contributed by atoms with E-state index in [0.29, 0.717) is 36.6 Å². The summed E-state index contributed by atoms with van der Waals surface area (Å²) in [5.74, 6) is -5.97. The number of aromatic carboxylic acids is 2. The number of rotatable bonds is 19. The molecule has 0 aliphatic carbocycles. The third kappa shape index (κ3) is 26.6. The summed E-state index contributed by atoms with van der Waals surface area (Å²) >= 11 is 9.75. The van der Waals surface area contributed by atoms with Crippen LogP contribution in [0.4, 0.5) is 18.9 Å². The van der Waals surface area contributed by atoms with Crippen LogP contribution in [0.5, 0.6) is 17.2 Å². The van der Waals surface area contributed by atoms with Gasteiger partial charge in [0.15, 0.2) is 19.0 Å². The van der Waals surface area contributed by atoms with Gasteiger partial charge in [-0.25, -0.2) is 37.7 Å². The molecule has 33 nitrogen and oxygen atoms in total. The van der Waals surface area contributed by atoms with Gasteiger partial charge in [-0.05, 0) is 138 Å². The Kier molecular flexibility index (Phi) is 31.7. The number of para-hydroxylation sites is 1. The number of nitrogens with zero attached hydrogens (tertiary/aromatic N) is 6. The SMILES string of the molecule is CC(C)C1(C)N=C(c2nc3ccccc3cc2C(=O)O)NC1=O.CC(C)C1(C)N=C(c2ncccc2C(=O)O)NC1=O.CP(=O)(O)CCC(N)C(=O)O.CS(=O)(=O)NC(=O)c1cc(Oc2ccc(C(F)(F)F)cc2Cl)ccc1[N+](=O)[O-].N#Cc1cc(I)c(O)c(I)c1.O=C(O)CNCP(=O)(O)O. The number of sulfonamides is 1. The summed E-state index contributed by atoms with van der Waals surface area (Å²) in [6.07, 6.45) is -3.06. The summed E-state index contributed by atoms with van der Waals surface area (Å²) in [7, 11) is -11.2. The number of aromatic hydroxyl groups is 1. The first-order valence-electron chi connectivity index (χ1n) is 28.7. The highest BCUT2D eigenvalue weighted by Crippen LogP contribution is 2.39. The molecule has 14 N–H and O–H groups in total. The number of pyridine rings is 2. The monoisotopic (exact) mass is 1730 g/mol. The fourth-order valence-electron chi connectivity index (χ4n) is 7.79. The fraction of sp³-hybridized carbons (Fsp3) is 0.300. The number of hydrogen-bond acceptors (Lipinski definition) is 22. The lowest BCUT2D eigenvalue weighted by atomic mass is 9.89. The zero-order valence-corrected chi connectivity index (χ0v) is 62.1. The van der Waals surface area contributed by atoms with Gasteiger partial charge in [-0.3, -0.25) is 53.5 Å². The Balaban J connectivity index is 0.000000332. The van der Waals surface area contributed by atoms with Crippen LogP contribution in [0.25, 0.3) is 10.9 Å². The van der Waals surface area contributed by atoms with E-state index in [9.17, 15) is 84.6 Å². The number of fused-ring (bicyclic) bond motifs is 1. The highest BCUT2D eigenvalue weighted by molar-refractivity contribution is 14.1. The first-order valence-corrected chi connectivity index (χ1v) is 37.2. The van der Waals surface area contributed by atoms with Crippen molar-refractivity contribution in [3.8, 4) is 23.3 Å². The molecule has 8 rings (SSSR count). The van der Waals surface area contributed by atoms with Gasteiger partial charge in [0.05, 0.1) is 70.0 Å². The quantitative estimate of drug-likeness (QED) is 0.0158. The summed E-state index contributed by atoms with van der Waals surface area (Å²) in [6, 6.07) is 21.1. The summed E-state index contributed by atoms with van der Waals surface area (Å²) < 4.78 is 89.4. The number of hydrogen-bond donors (Lipinski definition) is 13. The van der Waals surface area contributed by atoms with Crippen LogP contribution in [-0.4, -0.2) is 166 Å². The molecule has 2 aliphatic rings. The van der Waals surface area contributed by atoms with Crippen LogP contribution >= 0.6 is 71.7 Å². The van der Waals surface area contributed by atoms with Crippen molar-refractivity contribution < 1.29 is 114 Å². The van der Waals surface area contributed by atoms with Crippen LogP contribution in [0.15, 0.2) is 107 Å². The van der Waals surface area contributed by atoms with Crippen LogP contribution in [-0.2, 0) is 44.5 Å². The molecule has 2 aromatic heterocycles. The minimum absolute atomic E-state index is 0.00184. The first kappa shape index (κ1) is 87.5. The molecular weight excluding hydrogens is 1670 g/mol. The average Bonchev–Trinajstić information content (AvgIpc) is 1.60. The maximum Gasteiger partial charge on any atom is 0.416 e. The van der Waals surface area contributed by atoms with Crippen LogP contribution < -0.4 is 31.1 Å². The number of nitriles is 1. The van der Waals surface area contributed by atoms with E-state index in [0.717, 1.165) is 29.7 Å². The third-order valence-electron chi connectivity index (χ3n) is 13.8. The molecule has 3 amide bonds. The number of phenolic OH excluding ortho intramolecular Hbond substituents is 1. The third-order valence-corrected chi connectivity index (χ3v) is 18.1. The van der Waals surface area contributed by atoms with Gasteiger partial charge >= 0.3 is 37.6 Å². The van der Waals surface area contributed by atoms with Crippen molar-refractivity contribution in [3.05, 3.63) is 159 Å². The smallest absolute Gasteiger partial charge is 0.416 e. The van der Waals surface area contributed by atoms with Crippen LogP contribution in [0.3, 0.4) is 0 Å². The highest BCUT2D eigenvalue weighted by atomic mass is 127. The highest BCUT2D eigenvalue weighted by Gasteiger charge is 2.44. The van der Waals surface area contributed by atoms with Crippen molar-refractivity contribution in [2.45, 2.75) is 71.3 Å². The van der Waals surface area contributed by atoms with Gasteiger partial charge in [0.1, 0.15) is 51.3 Å². The number of aliphatic carboxylic acids is 2. The maximum absolute atomic E-state index is 12.7. The van der Waals surface area contributed by atoms with Crippen molar-refractivity contribution in [1.82, 2.24) is 30.6 Å². The lowest BCUT2D eigenvalue weighted by Crippen LogP contribution is -2.41. The number of amides is 3. The molecule has 0 saturated carbocycles. The number of aromatic nitrogens is 2. The number of nitro groups is 1. The van der Waals surface area contributed by atoms with Gasteiger partial charge in [0.2, 0.25) is 10.0 Å². The number of alkyl halides is 3. The number of carboxylic acid groups (broad SMARTS) is 4. The van der Waals surface area contributed by atoms with Crippen LogP contribution in [0.1, 0.15) is 102 Å². The Morgan fingerprint density at radius 2 is 1.36 bits per heavy atom. The summed E-state index contributed by atoms with van der Waals surface area (Å²) in [4.78, 5) is 131. The van der Waals surface area contributed by atoms with Crippen LogP contribution in [0, 0.1) is 40.4 Å². The molecule has 0 bridgehead atoms. The van der Waals surface area contributed by atoms with E-state index in [-0.39, 0.29) is 87.7 Å². The average molecular weight is 1730 g/mol. The Hall–Kier alpha value is -8.69. The molecule has 4 unspecified atom stereocenters. The zero-order chi connectivity index (χ0) is 78.0. The Morgan fingerprint density at radius 1 is 0.824 bits per heavy atom. The number of nitro benzene ring substituents is 1. The largest absolute Gasteiger partial charge is 0.506 e. The van der Waals surface area contributed by atoms with Gasteiger partial charge in [-0.2, -0.15) is 18.4 Å². The van der Waals surface area contributed by atoms with E-state index >= 15 is 0 Å². The number of amidine groups is 2. The molecule has 0 saturated heterocycles. The number of nitrogens with two attached hydrogens (primary N) is 1. The molecule has 4 aromatic carbocycles. The number of aliphatic imine (C=N–C) groups is 2. The molecule has 0 spiro atoms. The lowest BCUT2D eigenvalue weighted by molar-refractivity contribution is -0.385. The number of phenols is 1. The van der Waals surface area contributed by atoms with E-state index in [4.69, 9.17) is 57.3 Å². The van der Waals surface area contributed by atoms with Gasteiger partial charge in [0.25, 0.3) is 23.4 Å². The number of benzene rings is 4. The van der Waals surface area contributed by atoms with Crippen molar-refractivity contribution >= 4 is 152 Å². The number of carboxylic acids is 4. The predicted octanol–water partition coefficient (Wildman–Crippen LogP) is 8.00. The van der Waals surface area contributed by atoms with E-state index in [1.54, 1.807) is 48.9 Å². The Bertz CT molecular complexity index is 4520. The summed E-state index contributed by atoms with van der Waals surface area (Å²) in [5.41, 5.74) is 2.60. The molecule has 0 radical (unpaired) electrons. The second-order valence-corrected chi connectivity index (χ2v) is 31.1. The van der Waals surface area contributed by atoms with E-state index in [2.05, 4.69) is 35.9 Å². The van der Waals surface area contributed by atoms with Crippen molar-refractivity contribution in [2.24, 2.45) is 27.6 Å². The maximum atomic E-state index is 12.7. The number of ether oxygens (including phenoxy) is 1. The standard InChI is InChI=1S/C17H17N3O3.C15H10ClF3N2O6S.C13H15N3O3.C7H3I2NO.C5H12NO4P.C3H8NO5P/c1-9(2)17(3)16(23)19-14(20-17)13-11(15(21)22)8-10-6-4-5-7-12(10)18-13;1-28(25,26)20-14(22)10-7-9(3-4-12(10)21(23)24)27-13-5-2-8(6-11(13)16)15(17,18)19;1-7(2)13(3)12(19)15-10(16-13)9-8(11(17)18)5-4-6-14-9;8-5-1-4(3-10)2-6(9)7(5)11;1-11(9,10)3-2-4(6)5(7)8;5-3(6)1-4-2-10(7,8)9/h4-9H,1-3H3,(H,21,22)(H,19,20,23);2-7H,1H3,(H,20,22);4-7H,1-3H3,(H,17,18)(H,15,16,19);1-2,11H;4H,2-3,6H2,1H3,(H,7,8)(H,9,10);4H,1-2H2,(H,5,6)(H2,7,8,9). The van der Waals surface area contributed by atoms with Gasteiger partial charge in [-0.15, -0.1) is 0 Å². The Labute approximate surface area is 610 Å². The first-order chi connectivity index (χ1) is 46.9. The number of carbonyl (C=O) groups excluding carboxylic acids is 3. The molecule has 0 fully saturated rings. The van der Waals surface area contributed by atoms with Crippen molar-refractivity contribution in [2.75, 3.05) is 31.9 Å². The summed E-state index contributed by atoms with van der Waals surface area (Å²) in [5, 5.41) is 71.5. The van der Waals surface area contributed by atoms with Gasteiger partial charge < -0.3 is 61.3 Å². The summed E-state index contributed by atoms with van der Waals surface area (Å²) in [6.45, 7) is 11.8. The van der Waals surface area contributed by atoms with E-state index < -0.39 is 118 Å². The van der Waals surface area contributed by atoms with E-state index in [1.165, 1.54) is 25.0 Å². The van der Waals surface area contributed by atoms with Crippen molar-refractivity contribution in [3.63, 3.8) is 0 Å². The molecule has 2 aliphatic heterocycles. The van der Waals surface area contributed by atoms with Gasteiger partial charge in [-0.1, -0.05) is 57.5 Å². The second kappa shape index (κ2) is 37.0. The molecule has 102 heavy (non-hydrogen) atoms.